The number of rotatable bonds is 10. The van der Waals surface area contributed by atoms with E-state index in [1.54, 1.807) is 72.6 Å². The van der Waals surface area contributed by atoms with Gasteiger partial charge in [-0.15, -0.1) is 0 Å². The Morgan fingerprint density at radius 2 is 1.74 bits per heavy atom. The number of hydrogen-bond donors (Lipinski definition) is 1. The number of pyridine rings is 1. The van der Waals surface area contributed by atoms with Crippen LogP contribution < -0.4 is 15.0 Å². The van der Waals surface area contributed by atoms with Gasteiger partial charge in [0.25, 0.3) is 5.91 Å². The smallest absolute Gasteiger partial charge is 0.338 e. The molecule has 9 nitrogen and oxygen atoms in total. The molecule has 1 aromatic heterocycles. The van der Waals surface area contributed by atoms with Crippen molar-refractivity contribution < 1.29 is 23.9 Å². The number of carbonyl (C=O) groups excluding carboxylic acids is 3. The molecule has 2 heterocycles. The zero-order chi connectivity index (χ0) is 27.1. The van der Waals surface area contributed by atoms with Crippen molar-refractivity contribution >= 4 is 46.5 Å². The molecule has 0 aliphatic carbocycles. The van der Waals surface area contributed by atoms with Crippen molar-refractivity contribution in [2.45, 2.75) is 32.9 Å². The van der Waals surface area contributed by atoms with Crippen LogP contribution in [0.15, 0.2) is 72.9 Å². The molecule has 10 heteroatoms. The summed E-state index contributed by atoms with van der Waals surface area (Å²) in [4.78, 5) is 46.0. The number of ether oxygens (including phenoxy) is 2. The van der Waals surface area contributed by atoms with Gasteiger partial charge in [0, 0.05) is 11.9 Å². The minimum absolute atomic E-state index is 0.126. The third kappa shape index (κ3) is 6.15. The summed E-state index contributed by atoms with van der Waals surface area (Å²) in [5.74, 6) is -0.420. The van der Waals surface area contributed by atoms with Crippen LogP contribution in [0.2, 0.25) is 0 Å². The predicted octanol–water partition coefficient (Wildman–Crippen LogP) is 4.19. The molecular weight excluding hydrogens is 504 g/mol. The number of nitrogens with zero attached hydrogens (tertiary/aromatic N) is 3. The number of nitrogens with one attached hydrogen (secondary N) is 1. The number of esters is 1. The topological polar surface area (TPSA) is 101 Å². The Morgan fingerprint density at radius 3 is 2.37 bits per heavy atom. The zero-order valence-electron chi connectivity index (χ0n) is 21.1. The van der Waals surface area contributed by atoms with Gasteiger partial charge in [0.15, 0.2) is 5.11 Å². The van der Waals surface area contributed by atoms with Crippen molar-refractivity contribution in [3.8, 4) is 5.75 Å². The molecule has 38 heavy (non-hydrogen) atoms. The molecule has 1 N–H and O–H groups in total. The van der Waals surface area contributed by atoms with E-state index < -0.39 is 12.0 Å². The number of benzene rings is 2. The molecule has 1 fully saturated rings. The second kappa shape index (κ2) is 12.3. The van der Waals surface area contributed by atoms with Gasteiger partial charge >= 0.3 is 5.97 Å². The minimum atomic E-state index is -0.824. The van der Waals surface area contributed by atoms with Crippen LogP contribution in [0.4, 0.5) is 11.4 Å². The Hall–Kier alpha value is -4.31. The third-order valence-electron chi connectivity index (χ3n) is 5.84. The fraction of sp³-hybridized carbons (Fsp3) is 0.250. The Morgan fingerprint density at radius 1 is 1.00 bits per heavy atom. The van der Waals surface area contributed by atoms with E-state index >= 15 is 0 Å². The molecule has 1 aliphatic rings. The SMILES string of the molecule is CCOC(=O)c1ccc(NC(=O)C[C@@H]2C(=O)N(c3ccc(OCC)cc3)C(=S)N2Cc2ccccn2)cc1. The molecule has 1 aliphatic heterocycles. The summed E-state index contributed by atoms with van der Waals surface area (Å²) in [5.41, 5.74) is 2.19. The number of anilines is 2. The summed E-state index contributed by atoms with van der Waals surface area (Å²) in [6, 6.07) is 18.1. The predicted molar refractivity (Wildman–Crippen MR) is 147 cm³/mol. The molecule has 2 aromatic carbocycles. The van der Waals surface area contributed by atoms with Gasteiger partial charge in [-0.2, -0.15) is 0 Å². The van der Waals surface area contributed by atoms with Crippen LogP contribution in [0.1, 0.15) is 36.3 Å². The molecule has 196 valence electrons. The van der Waals surface area contributed by atoms with E-state index in [0.29, 0.717) is 34.4 Å². The molecular formula is C28H28N4O5S. The first kappa shape index (κ1) is 26.7. The largest absolute Gasteiger partial charge is 0.494 e. The second-order valence-electron chi connectivity index (χ2n) is 8.40. The van der Waals surface area contributed by atoms with Gasteiger partial charge in [-0.05, 0) is 86.7 Å². The molecule has 0 unspecified atom stereocenters. The normalized spacial score (nSPS) is 14.9. The highest BCUT2D eigenvalue weighted by molar-refractivity contribution is 7.80. The van der Waals surface area contributed by atoms with Crippen LogP contribution in [-0.2, 0) is 20.9 Å². The average Bonchev–Trinajstić information content (AvgIpc) is 3.14. The summed E-state index contributed by atoms with van der Waals surface area (Å²) >= 11 is 5.72. The maximum atomic E-state index is 13.6. The van der Waals surface area contributed by atoms with Crippen molar-refractivity contribution in [3.05, 3.63) is 84.2 Å². The van der Waals surface area contributed by atoms with Crippen LogP contribution in [0.25, 0.3) is 0 Å². The van der Waals surface area contributed by atoms with Crippen LogP contribution >= 0.6 is 12.2 Å². The third-order valence-corrected chi connectivity index (χ3v) is 6.26. The van der Waals surface area contributed by atoms with Gasteiger partial charge in [-0.3, -0.25) is 19.5 Å². The summed E-state index contributed by atoms with van der Waals surface area (Å²) in [6.45, 7) is 4.70. The Labute approximate surface area is 226 Å². The van der Waals surface area contributed by atoms with E-state index in [4.69, 9.17) is 21.7 Å². The lowest BCUT2D eigenvalue weighted by Crippen LogP contribution is -2.37. The van der Waals surface area contributed by atoms with E-state index in [1.807, 2.05) is 19.1 Å². The van der Waals surface area contributed by atoms with Crippen molar-refractivity contribution in [1.82, 2.24) is 9.88 Å². The minimum Gasteiger partial charge on any atom is -0.494 e. The summed E-state index contributed by atoms with van der Waals surface area (Å²) in [6.07, 6.45) is 1.54. The molecule has 2 amide bonds. The average molecular weight is 533 g/mol. The van der Waals surface area contributed by atoms with Crippen LogP contribution in [0.5, 0.6) is 5.75 Å². The monoisotopic (exact) mass is 532 g/mol. The van der Waals surface area contributed by atoms with Crippen LogP contribution in [0.3, 0.4) is 0 Å². The van der Waals surface area contributed by atoms with Gasteiger partial charge in [-0.1, -0.05) is 6.07 Å². The van der Waals surface area contributed by atoms with E-state index in [-0.39, 0.29) is 31.4 Å². The second-order valence-corrected chi connectivity index (χ2v) is 8.76. The highest BCUT2D eigenvalue weighted by atomic mass is 32.1. The van der Waals surface area contributed by atoms with Gasteiger partial charge < -0.3 is 19.7 Å². The lowest BCUT2D eigenvalue weighted by molar-refractivity contribution is -0.124. The van der Waals surface area contributed by atoms with Gasteiger partial charge in [0.2, 0.25) is 5.91 Å². The van der Waals surface area contributed by atoms with Gasteiger partial charge in [-0.25, -0.2) is 4.79 Å². The first-order valence-corrected chi connectivity index (χ1v) is 12.7. The van der Waals surface area contributed by atoms with Crippen LogP contribution in [-0.4, -0.2) is 52.0 Å². The molecule has 0 saturated carbocycles. The first-order valence-electron chi connectivity index (χ1n) is 12.3. The number of carbonyl (C=O) groups is 3. The molecule has 0 spiro atoms. The van der Waals surface area contributed by atoms with Crippen LogP contribution in [0, 0.1) is 0 Å². The molecule has 0 bridgehead atoms. The fourth-order valence-corrected chi connectivity index (χ4v) is 4.45. The molecule has 0 radical (unpaired) electrons. The lowest BCUT2D eigenvalue weighted by Gasteiger charge is -2.23. The fourth-order valence-electron chi connectivity index (χ4n) is 4.07. The quantitative estimate of drug-likeness (QED) is 0.307. The standard InChI is InChI=1S/C28H28N4O5S/c1-3-36-23-14-12-22(13-15-23)32-26(34)24(31(28(32)38)18-21-7-5-6-16-29-21)17-25(33)30-20-10-8-19(9-11-20)27(35)37-4-2/h5-16,24H,3-4,17-18H2,1-2H3,(H,30,33)/t24-/m1/s1. The maximum absolute atomic E-state index is 13.6. The molecule has 3 aromatic rings. The van der Waals surface area contributed by atoms with Crippen molar-refractivity contribution in [1.29, 1.82) is 0 Å². The first-order chi connectivity index (χ1) is 18.4. The van der Waals surface area contributed by atoms with Crippen molar-refractivity contribution in [2.24, 2.45) is 0 Å². The number of amides is 2. The Balaban J connectivity index is 1.53. The van der Waals surface area contributed by atoms with Gasteiger partial charge in [0.05, 0.1) is 43.1 Å². The Kier molecular flexibility index (Phi) is 8.65. The highest BCUT2D eigenvalue weighted by Gasteiger charge is 2.44. The van der Waals surface area contributed by atoms with Gasteiger partial charge in [0.1, 0.15) is 11.8 Å². The highest BCUT2D eigenvalue weighted by Crippen LogP contribution is 2.30. The van der Waals surface area contributed by atoms with E-state index in [9.17, 15) is 14.4 Å². The van der Waals surface area contributed by atoms with E-state index in [0.717, 1.165) is 5.69 Å². The summed E-state index contributed by atoms with van der Waals surface area (Å²) < 4.78 is 10.5. The number of hydrogen-bond acceptors (Lipinski definition) is 7. The number of aromatic nitrogens is 1. The van der Waals surface area contributed by atoms with E-state index in [2.05, 4.69) is 10.3 Å². The Bertz CT molecular complexity index is 1300. The summed E-state index contributed by atoms with van der Waals surface area (Å²) in [7, 11) is 0. The summed E-state index contributed by atoms with van der Waals surface area (Å²) in [5, 5.41) is 3.09. The van der Waals surface area contributed by atoms with Crippen molar-refractivity contribution in [3.63, 3.8) is 0 Å². The maximum Gasteiger partial charge on any atom is 0.338 e. The van der Waals surface area contributed by atoms with E-state index in [1.165, 1.54) is 4.90 Å². The van der Waals surface area contributed by atoms with Crippen molar-refractivity contribution in [2.75, 3.05) is 23.4 Å². The number of thiocarbonyl (C=S) groups is 1. The molecule has 4 rings (SSSR count). The molecule has 1 saturated heterocycles. The zero-order valence-corrected chi connectivity index (χ0v) is 21.9. The molecule has 1 atom stereocenters. The lowest BCUT2D eigenvalue weighted by atomic mass is 10.1.